The molecule has 0 amide bonds. The average molecular weight is 514 g/mol. The van der Waals surface area contributed by atoms with E-state index in [1.807, 2.05) is 0 Å². The van der Waals surface area contributed by atoms with Crippen LogP contribution in [0.4, 0.5) is 0 Å². The zero-order valence-corrected chi connectivity index (χ0v) is 17.0. The molecule has 12 heteroatoms. The van der Waals surface area contributed by atoms with E-state index < -0.39 is 37.9 Å². The quantitative estimate of drug-likeness (QED) is 0.289. The Morgan fingerprint density at radius 1 is 0.667 bits per heavy atom. The van der Waals surface area contributed by atoms with Gasteiger partial charge in [-0.05, 0) is 0 Å². The first kappa shape index (κ1) is 24.5. The SMILES string of the molecule is O=[Te](=O)([O-])[O-].O=[Te](=O)([O-])[O-].[Rb+].[Sc+3]. The minimum atomic E-state index is -6.02. The predicted molar refractivity (Wildman–Crippen MR) is 14.3 cm³/mol. The number of hydrogen-bond acceptors (Lipinski definition) is 8. The van der Waals surface area contributed by atoms with E-state index in [1.165, 1.54) is 0 Å². The van der Waals surface area contributed by atoms with Crippen LogP contribution in [0.5, 0.6) is 0 Å². The molecule has 12 heavy (non-hydrogen) atoms. The summed E-state index contributed by atoms with van der Waals surface area (Å²) in [4.78, 5) is 0. The molecular weight excluding hydrogens is 514 g/mol. The molecule has 0 radical (unpaired) electrons. The molecule has 8 nitrogen and oxygen atoms in total. The summed E-state index contributed by atoms with van der Waals surface area (Å²) in [5.41, 5.74) is 0. The molecule has 0 saturated carbocycles. The van der Waals surface area contributed by atoms with Crippen LogP contribution in [-0.2, 0) is 38.3 Å². The Labute approximate surface area is 144 Å². The Balaban J connectivity index is -0.0000000457. The van der Waals surface area contributed by atoms with E-state index in [0.29, 0.717) is 0 Å². The first-order valence-corrected chi connectivity index (χ1v) is 8.94. The van der Waals surface area contributed by atoms with Gasteiger partial charge in [-0.15, -0.1) is 0 Å². The van der Waals surface area contributed by atoms with Gasteiger partial charge in [0.2, 0.25) is 0 Å². The molecule has 0 unspecified atom stereocenters. The second-order valence-corrected chi connectivity index (χ2v) is 5.48. The topological polar surface area (TPSA) is 161 Å². The third-order valence-corrected chi connectivity index (χ3v) is 0. The average Bonchev–Trinajstić information content (AvgIpc) is 1.12. The van der Waals surface area contributed by atoms with Crippen LogP contribution in [0.15, 0.2) is 0 Å². The predicted octanol–water partition coefficient (Wildman–Crippen LogP) is -8.99. The van der Waals surface area contributed by atoms with Crippen LogP contribution in [0, 0.1) is 0 Å². The van der Waals surface area contributed by atoms with Gasteiger partial charge in [0, 0.05) is 0 Å². The zero-order valence-electron chi connectivity index (χ0n) is 5.66. The second-order valence-electron chi connectivity index (χ2n) is 0.816. The Morgan fingerprint density at radius 3 is 0.667 bits per heavy atom. The normalized spacial score (nSPS) is 9.67. The fraction of sp³-hybridized carbons (Fsp3) is 0. The van der Waals surface area contributed by atoms with E-state index in [1.54, 1.807) is 0 Å². The molecule has 0 fully saturated rings. The van der Waals surface area contributed by atoms with E-state index >= 15 is 0 Å². The Hall–Kier alpha value is 3.29. The molecule has 0 rings (SSSR count). The van der Waals surface area contributed by atoms with Crippen molar-refractivity contribution in [2.75, 3.05) is 0 Å². The summed E-state index contributed by atoms with van der Waals surface area (Å²) in [5, 5.41) is 0. The van der Waals surface area contributed by atoms with Crippen molar-refractivity contribution < 1.29 is 110 Å². The summed E-state index contributed by atoms with van der Waals surface area (Å²) in [6.45, 7) is 0. The van der Waals surface area contributed by atoms with Crippen LogP contribution in [0.25, 0.3) is 0 Å². The van der Waals surface area contributed by atoms with Crippen molar-refractivity contribution in [2.24, 2.45) is 0 Å². The van der Waals surface area contributed by atoms with Crippen LogP contribution in [-0.4, -0.2) is 37.9 Å². The summed E-state index contributed by atoms with van der Waals surface area (Å²) >= 11 is -12.0. The maximum atomic E-state index is 8.63. The maximum absolute atomic E-state index is 8.63. The minimum absolute atomic E-state index is 0. The summed E-state index contributed by atoms with van der Waals surface area (Å²) in [6.07, 6.45) is 0. The van der Waals surface area contributed by atoms with Gasteiger partial charge in [0.05, 0.1) is 0 Å². The van der Waals surface area contributed by atoms with Gasteiger partial charge in [-0.1, -0.05) is 0 Å². The molecule has 0 bridgehead atoms. The van der Waals surface area contributed by atoms with Gasteiger partial charge in [-0.2, -0.15) is 0 Å². The van der Waals surface area contributed by atoms with E-state index in [2.05, 4.69) is 0 Å². The molecule has 0 aliphatic rings. The first-order valence-electron chi connectivity index (χ1n) is 1.33. The Bertz CT molecular complexity index is 213. The standard InChI is InChI=1S/2H2O4Te.Rb.Sc/c2*1-5(2,3)4;;/h2*(H2,1,2,3,4);;/q;;+1;+3/p-4. The number of hydrogen-bond donors (Lipinski definition) is 0. The Morgan fingerprint density at radius 2 is 0.667 bits per heavy atom. The molecule has 0 aliphatic carbocycles. The summed E-state index contributed by atoms with van der Waals surface area (Å²) < 4.78 is 69.0. The molecule has 0 aromatic heterocycles. The van der Waals surface area contributed by atoms with Crippen molar-refractivity contribution in [3.63, 3.8) is 0 Å². The fourth-order valence-corrected chi connectivity index (χ4v) is 0. The van der Waals surface area contributed by atoms with Crippen molar-refractivity contribution in [3.05, 3.63) is 0 Å². The first-order chi connectivity index (χ1) is 4.00. The van der Waals surface area contributed by atoms with E-state index in [9.17, 15) is 0 Å². The van der Waals surface area contributed by atoms with Gasteiger partial charge in [0.1, 0.15) is 0 Å². The van der Waals surface area contributed by atoms with Crippen LogP contribution in [0.1, 0.15) is 0 Å². The smallest absolute Gasteiger partial charge is 1.00 e. The molecule has 0 heterocycles. The maximum Gasteiger partial charge on any atom is 3.00 e. The van der Waals surface area contributed by atoms with Crippen LogP contribution < -0.4 is 72.1 Å². The van der Waals surface area contributed by atoms with Crippen LogP contribution in [0.2, 0.25) is 0 Å². The Kier molecular flexibility index (Phi) is 22.0. The van der Waals surface area contributed by atoms with Crippen molar-refractivity contribution in [3.8, 4) is 0 Å². The third-order valence-electron chi connectivity index (χ3n) is 0. The molecule has 0 N–H and O–H groups in total. The molecule has 64 valence electrons. The largest absolute Gasteiger partial charge is 3.00 e. The molecule has 0 aliphatic heterocycles. The second kappa shape index (κ2) is 10.8. The molecule has 0 atom stereocenters. The molecule has 0 spiro atoms. The molecular formula is O8RbScTe2. The van der Waals surface area contributed by atoms with Gasteiger partial charge in [0.25, 0.3) is 0 Å². The molecule has 0 aromatic carbocycles. The van der Waals surface area contributed by atoms with Gasteiger partial charge in [0.15, 0.2) is 0 Å². The van der Waals surface area contributed by atoms with Crippen molar-refractivity contribution >= 4 is 37.9 Å². The molecule has 0 aromatic rings. The van der Waals surface area contributed by atoms with Crippen LogP contribution in [0.3, 0.4) is 0 Å². The van der Waals surface area contributed by atoms with Gasteiger partial charge < -0.3 is 0 Å². The van der Waals surface area contributed by atoms with Gasteiger partial charge in [-0.3, -0.25) is 0 Å². The summed E-state index contributed by atoms with van der Waals surface area (Å²) in [5.74, 6) is 0. The van der Waals surface area contributed by atoms with E-state index in [-0.39, 0.29) is 84.0 Å². The zero-order chi connectivity index (χ0) is 9.00. The van der Waals surface area contributed by atoms with Crippen LogP contribution >= 0.6 is 0 Å². The van der Waals surface area contributed by atoms with E-state index in [0.717, 1.165) is 0 Å². The fourth-order valence-electron chi connectivity index (χ4n) is 0. The monoisotopic (exact) mass is 518 g/mol. The van der Waals surface area contributed by atoms with Gasteiger partial charge in [-0.25, -0.2) is 0 Å². The minimum Gasteiger partial charge on any atom is 1.00 e. The third kappa shape index (κ3) is 185. The van der Waals surface area contributed by atoms with E-state index in [4.69, 9.17) is 26.3 Å². The summed E-state index contributed by atoms with van der Waals surface area (Å²) in [7, 11) is 0. The summed E-state index contributed by atoms with van der Waals surface area (Å²) in [6, 6.07) is 0. The van der Waals surface area contributed by atoms with Crippen molar-refractivity contribution in [1.82, 2.24) is 0 Å². The number of rotatable bonds is 0. The molecule has 0 saturated heterocycles. The van der Waals surface area contributed by atoms with Crippen molar-refractivity contribution in [1.29, 1.82) is 0 Å². The van der Waals surface area contributed by atoms with Crippen molar-refractivity contribution in [2.45, 2.75) is 0 Å². The van der Waals surface area contributed by atoms with Gasteiger partial charge >= 0.3 is 148 Å².